The summed E-state index contributed by atoms with van der Waals surface area (Å²) in [6.07, 6.45) is 2.52. The number of nitrogens with zero attached hydrogens (tertiary/aromatic N) is 1. The molecule has 0 radical (unpaired) electrons. The molecule has 1 heterocycles. The van der Waals surface area contributed by atoms with E-state index in [1.165, 1.54) is 11.1 Å². The van der Waals surface area contributed by atoms with E-state index in [-0.39, 0.29) is 0 Å². The molecular formula is C16H26N2O. The fourth-order valence-electron chi connectivity index (χ4n) is 3.11. The van der Waals surface area contributed by atoms with Crippen molar-refractivity contribution < 1.29 is 4.74 Å². The molecule has 106 valence electrons. The Bertz CT molecular complexity index is 407. The highest BCUT2D eigenvalue weighted by atomic mass is 16.5. The highest BCUT2D eigenvalue weighted by molar-refractivity contribution is 5.25. The number of aryl methyl sites for hydroxylation is 1. The van der Waals surface area contributed by atoms with Gasteiger partial charge < -0.3 is 10.5 Å². The summed E-state index contributed by atoms with van der Waals surface area (Å²) in [5.74, 6) is 0. The number of nitrogens with two attached hydrogens (primary N) is 1. The maximum Gasteiger partial charge on any atom is 0.0599 e. The molecule has 1 aromatic carbocycles. The van der Waals surface area contributed by atoms with Crippen molar-refractivity contribution in [2.45, 2.75) is 44.9 Å². The van der Waals surface area contributed by atoms with Crippen molar-refractivity contribution in [2.75, 3.05) is 20.2 Å². The van der Waals surface area contributed by atoms with Crippen LogP contribution in [0.3, 0.4) is 0 Å². The average molecular weight is 262 g/mol. The van der Waals surface area contributed by atoms with E-state index in [4.69, 9.17) is 10.5 Å². The summed E-state index contributed by atoms with van der Waals surface area (Å²) in [6.45, 7) is 6.20. The zero-order chi connectivity index (χ0) is 13.8. The van der Waals surface area contributed by atoms with E-state index in [0.29, 0.717) is 24.7 Å². The predicted octanol–water partition coefficient (Wildman–Crippen LogP) is 2.49. The van der Waals surface area contributed by atoms with Crippen LogP contribution < -0.4 is 5.73 Å². The first-order chi connectivity index (χ1) is 9.15. The smallest absolute Gasteiger partial charge is 0.0599 e. The zero-order valence-corrected chi connectivity index (χ0v) is 12.3. The third-order valence-electron chi connectivity index (χ3n) is 4.34. The first-order valence-corrected chi connectivity index (χ1v) is 7.21. The SMILES string of the molecule is COC1CCN(C(C)c2cccc(C)c2)C(CN)C1. The Morgan fingerprint density at radius 2 is 2.26 bits per heavy atom. The van der Waals surface area contributed by atoms with Gasteiger partial charge in [0.2, 0.25) is 0 Å². The third kappa shape index (κ3) is 3.35. The summed E-state index contributed by atoms with van der Waals surface area (Å²) in [4.78, 5) is 2.53. The summed E-state index contributed by atoms with van der Waals surface area (Å²) in [5.41, 5.74) is 8.66. The second kappa shape index (κ2) is 6.51. The monoisotopic (exact) mass is 262 g/mol. The maximum atomic E-state index is 5.96. The van der Waals surface area contributed by atoms with Crippen molar-refractivity contribution >= 4 is 0 Å². The van der Waals surface area contributed by atoms with Gasteiger partial charge in [-0.15, -0.1) is 0 Å². The molecule has 1 saturated heterocycles. The van der Waals surface area contributed by atoms with Gasteiger partial charge in [-0.3, -0.25) is 4.90 Å². The van der Waals surface area contributed by atoms with E-state index in [1.54, 1.807) is 7.11 Å². The number of hydrogen-bond donors (Lipinski definition) is 1. The fourth-order valence-corrected chi connectivity index (χ4v) is 3.11. The highest BCUT2D eigenvalue weighted by Gasteiger charge is 2.30. The molecule has 1 aromatic rings. The van der Waals surface area contributed by atoms with E-state index in [0.717, 1.165) is 19.4 Å². The van der Waals surface area contributed by atoms with Crippen molar-refractivity contribution in [3.05, 3.63) is 35.4 Å². The summed E-state index contributed by atoms with van der Waals surface area (Å²) in [7, 11) is 1.80. The Labute approximate surface area is 116 Å². The van der Waals surface area contributed by atoms with E-state index in [2.05, 4.69) is 43.0 Å². The largest absolute Gasteiger partial charge is 0.381 e. The van der Waals surface area contributed by atoms with Crippen molar-refractivity contribution in [3.8, 4) is 0 Å². The molecule has 2 rings (SSSR count). The molecule has 3 heteroatoms. The summed E-state index contributed by atoms with van der Waals surface area (Å²) in [5, 5.41) is 0. The molecule has 3 nitrogen and oxygen atoms in total. The fraction of sp³-hybridized carbons (Fsp3) is 0.625. The lowest BCUT2D eigenvalue weighted by molar-refractivity contribution is -0.00164. The molecule has 1 aliphatic rings. The van der Waals surface area contributed by atoms with Gasteiger partial charge in [0.15, 0.2) is 0 Å². The van der Waals surface area contributed by atoms with Crippen LogP contribution in [0.5, 0.6) is 0 Å². The molecular weight excluding hydrogens is 236 g/mol. The minimum atomic E-state index is 0.370. The second-order valence-electron chi connectivity index (χ2n) is 5.60. The topological polar surface area (TPSA) is 38.5 Å². The molecule has 1 fully saturated rings. The van der Waals surface area contributed by atoms with Gasteiger partial charge in [-0.05, 0) is 32.3 Å². The van der Waals surface area contributed by atoms with Gasteiger partial charge in [0.25, 0.3) is 0 Å². The lowest BCUT2D eigenvalue weighted by atomic mass is 9.94. The lowest BCUT2D eigenvalue weighted by Gasteiger charge is -2.42. The maximum absolute atomic E-state index is 5.96. The van der Waals surface area contributed by atoms with Crippen molar-refractivity contribution in [1.29, 1.82) is 0 Å². The number of ether oxygens (including phenoxy) is 1. The molecule has 0 aromatic heterocycles. The van der Waals surface area contributed by atoms with Crippen LogP contribution in [0, 0.1) is 6.92 Å². The van der Waals surface area contributed by atoms with E-state index in [1.807, 2.05) is 0 Å². The first-order valence-electron chi connectivity index (χ1n) is 7.21. The van der Waals surface area contributed by atoms with E-state index >= 15 is 0 Å². The Hall–Kier alpha value is -0.900. The summed E-state index contributed by atoms with van der Waals surface area (Å²) in [6, 6.07) is 9.63. The van der Waals surface area contributed by atoms with E-state index in [9.17, 15) is 0 Å². The lowest BCUT2D eigenvalue weighted by Crippen LogP contribution is -2.49. The van der Waals surface area contributed by atoms with Gasteiger partial charge >= 0.3 is 0 Å². The van der Waals surface area contributed by atoms with Gasteiger partial charge in [0.05, 0.1) is 6.10 Å². The van der Waals surface area contributed by atoms with Crippen molar-refractivity contribution in [3.63, 3.8) is 0 Å². The molecule has 0 bridgehead atoms. The van der Waals surface area contributed by atoms with Gasteiger partial charge in [-0.1, -0.05) is 29.8 Å². The van der Waals surface area contributed by atoms with Crippen LogP contribution in [-0.2, 0) is 4.74 Å². The van der Waals surface area contributed by atoms with Gasteiger partial charge in [0, 0.05) is 32.3 Å². The van der Waals surface area contributed by atoms with Crippen LogP contribution in [0.1, 0.15) is 36.9 Å². The molecule has 0 spiro atoms. The third-order valence-corrected chi connectivity index (χ3v) is 4.34. The molecule has 19 heavy (non-hydrogen) atoms. The van der Waals surface area contributed by atoms with Gasteiger partial charge in [0.1, 0.15) is 0 Å². The molecule has 2 N–H and O–H groups in total. The molecule has 3 atom stereocenters. The molecule has 0 saturated carbocycles. The number of benzene rings is 1. The minimum absolute atomic E-state index is 0.370. The number of rotatable bonds is 4. The molecule has 3 unspecified atom stereocenters. The van der Waals surface area contributed by atoms with Gasteiger partial charge in [-0.2, -0.15) is 0 Å². The van der Waals surface area contributed by atoms with Crippen LogP contribution in [0.4, 0.5) is 0 Å². The number of hydrogen-bond acceptors (Lipinski definition) is 3. The van der Waals surface area contributed by atoms with Crippen molar-refractivity contribution in [1.82, 2.24) is 4.90 Å². The van der Waals surface area contributed by atoms with Crippen LogP contribution in [-0.4, -0.2) is 37.2 Å². The average Bonchev–Trinajstić information content (AvgIpc) is 2.45. The number of methoxy groups -OCH3 is 1. The first kappa shape index (κ1) is 14.5. The van der Waals surface area contributed by atoms with Crippen molar-refractivity contribution in [2.24, 2.45) is 5.73 Å². The van der Waals surface area contributed by atoms with Crippen LogP contribution in [0.15, 0.2) is 24.3 Å². The van der Waals surface area contributed by atoms with Gasteiger partial charge in [-0.25, -0.2) is 0 Å². The minimum Gasteiger partial charge on any atom is -0.381 e. The molecule has 1 aliphatic heterocycles. The summed E-state index contributed by atoms with van der Waals surface area (Å²) >= 11 is 0. The zero-order valence-electron chi connectivity index (χ0n) is 12.3. The Balaban J connectivity index is 2.11. The predicted molar refractivity (Wildman–Crippen MR) is 79.2 cm³/mol. The number of piperidine rings is 1. The second-order valence-corrected chi connectivity index (χ2v) is 5.60. The molecule has 0 amide bonds. The van der Waals surface area contributed by atoms with Crippen LogP contribution in [0.25, 0.3) is 0 Å². The number of likely N-dealkylation sites (tertiary alicyclic amines) is 1. The quantitative estimate of drug-likeness (QED) is 0.906. The highest BCUT2D eigenvalue weighted by Crippen LogP contribution is 2.29. The Morgan fingerprint density at radius 3 is 2.89 bits per heavy atom. The summed E-state index contributed by atoms with van der Waals surface area (Å²) < 4.78 is 5.49. The Kier molecular flexibility index (Phi) is 4.97. The Morgan fingerprint density at radius 1 is 1.47 bits per heavy atom. The normalized spacial score (nSPS) is 26.3. The molecule has 0 aliphatic carbocycles. The van der Waals surface area contributed by atoms with E-state index < -0.39 is 0 Å². The standard InChI is InChI=1S/C16H26N2O/c1-12-5-4-6-14(9-12)13(2)18-8-7-16(19-3)10-15(18)11-17/h4-6,9,13,15-16H,7-8,10-11,17H2,1-3H3. The van der Waals surface area contributed by atoms with Crippen LogP contribution >= 0.6 is 0 Å². The van der Waals surface area contributed by atoms with Crippen LogP contribution in [0.2, 0.25) is 0 Å².